The molecular formula is C45H42ClN15O4S13. The summed E-state index contributed by atoms with van der Waals surface area (Å²) in [7, 11) is 24.9. The number of nitrogens with one attached hydrogen (secondary N) is 2. The Morgan fingerprint density at radius 2 is 1.18 bits per heavy atom. The molecule has 78 heavy (non-hydrogen) atoms. The molecular weight excluding hydrogens is 1270 g/mol. The quantitative estimate of drug-likeness (QED) is 0.104. The molecule has 0 atom stereocenters. The zero-order valence-corrected chi connectivity index (χ0v) is 53.8. The summed E-state index contributed by atoms with van der Waals surface area (Å²) in [5, 5.41) is 29.6. The summed E-state index contributed by atoms with van der Waals surface area (Å²) in [6, 6.07) is 10.2. The Balaban J connectivity index is 0.000000168. The maximum absolute atomic E-state index is 9.47. The Morgan fingerprint density at radius 1 is 0.705 bits per heavy atom. The Hall–Kier alpha value is -5.43. The Bertz CT molecular complexity index is 4490. The molecule has 4 N–H and O–H groups in total. The van der Waals surface area contributed by atoms with Crippen LogP contribution in [0.5, 0.6) is 11.5 Å². The molecule has 0 fully saturated rings. The number of H-pyrrole nitrogens is 2. The number of hydrogen-bond donors (Lipinski definition) is 3. The van der Waals surface area contributed by atoms with Gasteiger partial charge in [-0.25, -0.2) is 24.8 Å². The van der Waals surface area contributed by atoms with Crippen LogP contribution in [0.3, 0.4) is 0 Å². The lowest BCUT2D eigenvalue weighted by molar-refractivity contribution is 0.393. The van der Waals surface area contributed by atoms with Gasteiger partial charge in [0.1, 0.15) is 63.0 Å². The molecule has 0 spiro atoms. The minimum atomic E-state index is 0.414. The van der Waals surface area contributed by atoms with E-state index >= 15 is 0 Å². The van der Waals surface area contributed by atoms with Gasteiger partial charge >= 0.3 is 0 Å². The molecule has 0 saturated carbocycles. The number of aromatic amines is 2. The lowest BCUT2D eigenvalue weighted by Gasteiger charge is -2.10. The molecule has 0 amide bonds. The standard InChI is InChI=1S/C23H21N7O2.C17H15ClN4O2.C5H6N4.S13/c1-11-21(12(2)32-29-11)16-6-17-15(7-20(16)31-5)22-18(26-13(3)27-23(22)28-17)8-19-14(9-24)10-25-30(19)4;1-7-14(8(2)24-22-7)11-5-12-10(6-13(11)23-4)15-16(18)19-9(3)20-17(15)21-12;1-7-4-3-8-9(2)5(4)6;1-3-5-7-9-11-13-12-10-8-6-4-2/h6-7,10H,8H2,1-5H3,(H,26,27,28);5-6H,1-4H3,(H,19,20,21);3H,6H2,2H3;. The monoisotopic (exact) mass is 1310 g/mol. The Labute approximate surface area is 492 Å². The van der Waals surface area contributed by atoms with E-state index in [-0.39, 0.29) is 0 Å². The lowest BCUT2D eigenvalue weighted by atomic mass is 10.00. The molecule has 2 aromatic carbocycles. The minimum Gasteiger partial charge on any atom is -0.496 e. The fraction of sp³-hybridized carbons (Fsp3) is 0.244. The maximum Gasteiger partial charge on any atom is 0.247 e. The second-order valence-electron chi connectivity index (χ2n) is 15.9. The van der Waals surface area contributed by atoms with Crippen molar-refractivity contribution >= 4 is 187 Å². The van der Waals surface area contributed by atoms with Crippen LogP contribution in [0.2, 0.25) is 5.15 Å². The number of anilines is 1. The fourth-order valence-electron chi connectivity index (χ4n) is 8.05. The molecule has 0 bridgehead atoms. The van der Waals surface area contributed by atoms with E-state index < -0.39 is 0 Å². The number of methoxy groups -OCH3 is 2. The first kappa shape index (κ1) is 60.2. The van der Waals surface area contributed by atoms with Crippen molar-refractivity contribution in [3.63, 3.8) is 0 Å². The zero-order valence-electron chi connectivity index (χ0n) is 42.4. The summed E-state index contributed by atoms with van der Waals surface area (Å²) < 4.78 is 25.2. The number of halogens is 1. The third kappa shape index (κ3) is 13.9. The summed E-state index contributed by atoms with van der Waals surface area (Å²) in [6.07, 6.45) is 3.48. The van der Waals surface area contributed by atoms with Gasteiger partial charge in [-0.2, -0.15) is 15.5 Å². The van der Waals surface area contributed by atoms with Crippen LogP contribution in [0, 0.1) is 59.4 Å². The highest BCUT2D eigenvalue weighted by Crippen LogP contribution is 2.42. The number of benzene rings is 2. The van der Waals surface area contributed by atoms with Crippen molar-refractivity contribution in [1.82, 2.24) is 59.8 Å². The van der Waals surface area contributed by atoms with Crippen LogP contribution in [0.25, 0.3) is 71.0 Å². The van der Waals surface area contributed by atoms with E-state index in [1.54, 1.807) is 112 Å². The highest BCUT2D eigenvalue weighted by molar-refractivity contribution is 8.75. The Kier molecular flexibility index (Phi) is 21.7. The van der Waals surface area contributed by atoms with Crippen molar-refractivity contribution in [3.05, 3.63) is 105 Å². The molecule has 0 radical (unpaired) electrons. The second-order valence-corrected chi connectivity index (χ2v) is 35.7. The molecule has 10 rings (SSSR count). The predicted molar refractivity (Wildman–Crippen MR) is 341 cm³/mol. The SMILES string of the molecule is COc1cc2c(cc1-c1c(C)noc1C)[nH]c1nc(C)nc(Cc3c(C#N)cnn3C)c12.COc1cc2c(cc1-c1c(C)noc1C)[nH]c1nc(C)nc(Cl)c12.S=S=S=S=S=S=S=S=S=S=S=S=S.[C-]#[N+]c1cnn(C)c1N. The number of rotatable bonds is 6. The molecule has 0 aliphatic rings. The first-order chi connectivity index (χ1) is 37.6. The lowest BCUT2D eigenvalue weighted by Crippen LogP contribution is -2.04. The number of hydrogen-bond acceptors (Lipinski definition) is 16. The largest absolute Gasteiger partial charge is 0.496 e. The molecule has 406 valence electrons. The molecule has 0 unspecified atom stereocenters. The first-order valence-corrected chi connectivity index (χ1v) is 38.4. The van der Waals surface area contributed by atoms with Crippen LogP contribution >= 0.6 is 11.6 Å². The van der Waals surface area contributed by atoms with Crippen molar-refractivity contribution in [3.8, 4) is 39.8 Å². The van der Waals surface area contributed by atoms with E-state index in [0.717, 1.165) is 101 Å². The molecule has 0 aliphatic heterocycles. The summed E-state index contributed by atoms with van der Waals surface area (Å²) >= 11 is 15.7. The number of nitrogens with two attached hydrogens (primary N) is 1. The van der Waals surface area contributed by atoms with E-state index in [1.165, 1.54) is 28.6 Å². The normalized spacial score (nSPS) is 10.4. The fourth-order valence-corrected chi connectivity index (χ4v) is 33.1. The van der Waals surface area contributed by atoms with Crippen LogP contribution in [0.1, 0.15) is 51.5 Å². The second kappa shape index (κ2) is 28.1. The summed E-state index contributed by atoms with van der Waals surface area (Å²) in [5.74, 6) is 4.59. The summed E-state index contributed by atoms with van der Waals surface area (Å²) in [4.78, 5) is 27.9. The molecule has 33 heteroatoms. The van der Waals surface area contributed by atoms with E-state index in [2.05, 4.69) is 56.3 Å². The first-order valence-electron chi connectivity index (χ1n) is 22.0. The predicted octanol–water partition coefficient (Wildman–Crippen LogP) is 8.77. The number of nitrogens with zero attached hydrogens (tertiary/aromatic N) is 12. The zero-order chi connectivity index (χ0) is 56.2. The minimum absolute atomic E-state index is 0.414. The van der Waals surface area contributed by atoms with E-state index in [0.29, 0.717) is 51.7 Å². The van der Waals surface area contributed by atoms with Gasteiger partial charge in [-0.05, 0) is 65.8 Å². The van der Waals surface area contributed by atoms with Gasteiger partial charge in [0.05, 0.1) is 78.0 Å². The highest BCUT2D eigenvalue weighted by atomic mass is 35.5. The van der Waals surface area contributed by atoms with Gasteiger partial charge in [-0.15, -0.1) is 0 Å². The van der Waals surface area contributed by atoms with Crippen molar-refractivity contribution in [2.75, 3.05) is 20.0 Å². The van der Waals surface area contributed by atoms with Gasteiger partial charge in [-0.3, -0.25) is 9.36 Å². The van der Waals surface area contributed by atoms with E-state index in [1.807, 2.05) is 72.9 Å². The van der Waals surface area contributed by atoms with Gasteiger partial charge in [-0.1, -0.05) is 21.9 Å². The molecule has 10 aromatic rings. The smallest absolute Gasteiger partial charge is 0.247 e. The maximum atomic E-state index is 9.47. The number of fused-ring (bicyclic) bond motifs is 6. The number of ether oxygens (including phenoxy) is 2. The molecule has 0 saturated heterocycles. The van der Waals surface area contributed by atoms with Crippen LogP contribution in [-0.4, -0.2) is 74.0 Å². The highest BCUT2D eigenvalue weighted by Gasteiger charge is 2.23. The number of nitriles is 1. The van der Waals surface area contributed by atoms with Crippen LogP contribution < -0.4 is 15.2 Å². The van der Waals surface area contributed by atoms with Gasteiger partial charge < -0.3 is 34.2 Å². The molecule has 8 heterocycles. The Morgan fingerprint density at radius 3 is 1.60 bits per heavy atom. The third-order valence-corrected chi connectivity index (χ3v) is 33.8. The number of aryl methyl sites for hydroxylation is 8. The summed E-state index contributed by atoms with van der Waals surface area (Å²) in [6.45, 7) is 17.9. The number of aromatic nitrogens is 12. The van der Waals surface area contributed by atoms with Gasteiger partial charge in [0.2, 0.25) is 5.69 Å². The molecule has 8 aromatic heterocycles. The topological polar surface area (TPSA) is 243 Å². The third-order valence-electron chi connectivity index (χ3n) is 11.3. The van der Waals surface area contributed by atoms with E-state index in [9.17, 15) is 5.26 Å². The summed E-state index contributed by atoms with van der Waals surface area (Å²) in [5.41, 5.74) is 16.5. The van der Waals surface area contributed by atoms with Crippen molar-refractivity contribution < 1.29 is 18.5 Å². The molecule has 0 aliphatic carbocycles. The van der Waals surface area contributed by atoms with Crippen LogP contribution in [-0.2, 0) is 141 Å². The van der Waals surface area contributed by atoms with E-state index in [4.69, 9.17) is 69.8 Å². The number of nitrogen functional groups attached to an aromatic ring is 1. The van der Waals surface area contributed by atoms with Crippen molar-refractivity contribution in [2.45, 2.75) is 48.0 Å². The average molecular weight is 1310 g/mol. The van der Waals surface area contributed by atoms with Crippen LogP contribution in [0.4, 0.5) is 11.5 Å². The average Bonchev–Trinajstić information content (AvgIpc) is 4.36. The van der Waals surface area contributed by atoms with Gasteiger partial charge in [0.15, 0.2) is 0 Å². The van der Waals surface area contributed by atoms with Gasteiger partial charge in [0.25, 0.3) is 0 Å². The van der Waals surface area contributed by atoms with Crippen molar-refractivity contribution in [1.29, 1.82) is 5.26 Å². The van der Waals surface area contributed by atoms with Crippen molar-refractivity contribution in [2.24, 2.45) is 14.1 Å². The van der Waals surface area contributed by atoms with Crippen LogP contribution in [0.15, 0.2) is 45.7 Å². The molecule has 19 nitrogen and oxygen atoms in total. The van der Waals surface area contributed by atoms with Gasteiger partial charge in [0, 0.05) is 179 Å².